The molecule has 1 atom stereocenters. The highest BCUT2D eigenvalue weighted by molar-refractivity contribution is 5.40. The van der Waals surface area contributed by atoms with Crippen molar-refractivity contribution >= 4 is 0 Å². The Bertz CT molecular complexity index is 390. The van der Waals surface area contributed by atoms with Gasteiger partial charge in [0, 0.05) is 6.04 Å². The first-order chi connectivity index (χ1) is 9.21. The summed E-state index contributed by atoms with van der Waals surface area (Å²) in [4.78, 5) is 0. The molecule has 0 aliphatic heterocycles. The van der Waals surface area contributed by atoms with Crippen molar-refractivity contribution in [1.29, 1.82) is 0 Å². The second-order valence-corrected chi connectivity index (χ2v) is 4.63. The highest BCUT2D eigenvalue weighted by atomic mass is 16.5. The largest absolute Gasteiger partial charge is 0.497 e. The number of hydrogen-bond donors (Lipinski definition) is 1. The van der Waals surface area contributed by atoms with E-state index in [2.05, 4.69) is 13.5 Å². The number of methoxy groups -OCH3 is 1. The average Bonchev–Trinajstić information content (AvgIpc) is 2.44. The third-order valence-electron chi connectivity index (χ3n) is 3.08. The quantitative estimate of drug-likeness (QED) is 0.549. The molecular weight excluding hydrogens is 238 g/mol. The van der Waals surface area contributed by atoms with Crippen LogP contribution in [0.4, 0.5) is 0 Å². The smallest absolute Gasteiger partial charge is 0.122 e. The van der Waals surface area contributed by atoms with Crippen molar-refractivity contribution in [2.75, 3.05) is 13.7 Å². The third kappa shape index (κ3) is 5.35. The maximum absolute atomic E-state index is 6.03. The minimum absolute atomic E-state index is 0.155. The van der Waals surface area contributed by atoms with Crippen LogP contribution >= 0.6 is 0 Å². The van der Waals surface area contributed by atoms with E-state index in [9.17, 15) is 0 Å². The molecule has 1 aromatic carbocycles. The van der Waals surface area contributed by atoms with Gasteiger partial charge in [0.05, 0.1) is 13.7 Å². The number of hydrogen-bond acceptors (Lipinski definition) is 3. The topological polar surface area (TPSA) is 44.5 Å². The van der Waals surface area contributed by atoms with Crippen molar-refractivity contribution in [3.05, 3.63) is 36.4 Å². The van der Waals surface area contributed by atoms with Crippen LogP contribution in [0.2, 0.25) is 0 Å². The molecule has 0 saturated carbocycles. The summed E-state index contributed by atoms with van der Waals surface area (Å²) in [6.07, 6.45) is 5.62. The van der Waals surface area contributed by atoms with Crippen LogP contribution in [0.15, 0.2) is 30.9 Å². The van der Waals surface area contributed by atoms with Gasteiger partial charge in [-0.05, 0) is 49.4 Å². The first-order valence-corrected chi connectivity index (χ1v) is 6.87. The highest BCUT2D eigenvalue weighted by Crippen LogP contribution is 2.25. The van der Waals surface area contributed by atoms with E-state index in [-0.39, 0.29) is 6.04 Å². The molecule has 1 unspecified atom stereocenters. The second kappa shape index (κ2) is 8.59. The molecule has 3 heteroatoms. The first-order valence-electron chi connectivity index (χ1n) is 6.87. The van der Waals surface area contributed by atoms with Gasteiger partial charge < -0.3 is 15.2 Å². The van der Waals surface area contributed by atoms with Crippen molar-refractivity contribution in [2.45, 2.75) is 38.6 Å². The summed E-state index contributed by atoms with van der Waals surface area (Å²) >= 11 is 0. The van der Waals surface area contributed by atoms with Crippen LogP contribution in [0, 0.1) is 0 Å². The fraction of sp³-hybridized carbons (Fsp3) is 0.500. The molecule has 0 heterocycles. The molecule has 19 heavy (non-hydrogen) atoms. The van der Waals surface area contributed by atoms with E-state index in [0.717, 1.165) is 42.7 Å². The fourth-order valence-corrected chi connectivity index (χ4v) is 1.82. The molecule has 0 bridgehead atoms. The molecule has 106 valence electrons. The van der Waals surface area contributed by atoms with Gasteiger partial charge in [-0.25, -0.2) is 0 Å². The van der Waals surface area contributed by atoms with E-state index in [1.165, 1.54) is 0 Å². The Balaban J connectivity index is 2.73. The SMILES string of the molecule is C=CCCCOc1ccc(OC)cc1CC(N)CC. The minimum atomic E-state index is 0.155. The summed E-state index contributed by atoms with van der Waals surface area (Å²) in [5.41, 5.74) is 7.15. The molecular formula is C16H25NO2. The summed E-state index contributed by atoms with van der Waals surface area (Å²) in [6, 6.07) is 6.05. The van der Waals surface area contributed by atoms with Gasteiger partial charge in [0.25, 0.3) is 0 Å². The maximum Gasteiger partial charge on any atom is 0.122 e. The van der Waals surface area contributed by atoms with Crippen molar-refractivity contribution in [3.63, 3.8) is 0 Å². The third-order valence-corrected chi connectivity index (χ3v) is 3.08. The molecule has 1 aromatic rings. The molecule has 0 aliphatic carbocycles. The van der Waals surface area contributed by atoms with Gasteiger partial charge >= 0.3 is 0 Å². The molecule has 0 aromatic heterocycles. The molecule has 1 rings (SSSR count). The predicted molar refractivity (Wildman–Crippen MR) is 79.9 cm³/mol. The number of benzene rings is 1. The number of unbranched alkanes of at least 4 members (excludes halogenated alkanes) is 1. The summed E-state index contributed by atoms with van der Waals surface area (Å²) < 4.78 is 11.1. The van der Waals surface area contributed by atoms with E-state index in [0.29, 0.717) is 6.61 Å². The van der Waals surface area contributed by atoms with Crippen LogP contribution < -0.4 is 15.2 Å². The van der Waals surface area contributed by atoms with Crippen LogP contribution in [-0.2, 0) is 6.42 Å². The van der Waals surface area contributed by atoms with Crippen LogP contribution in [0.5, 0.6) is 11.5 Å². The molecule has 2 N–H and O–H groups in total. The minimum Gasteiger partial charge on any atom is -0.497 e. The Morgan fingerprint density at radius 2 is 2.21 bits per heavy atom. The highest BCUT2D eigenvalue weighted by Gasteiger charge is 2.09. The maximum atomic E-state index is 6.03. The van der Waals surface area contributed by atoms with Crippen molar-refractivity contribution in [1.82, 2.24) is 0 Å². The lowest BCUT2D eigenvalue weighted by atomic mass is 10.0. The summed E-state index contributed by atoms with van der Waals surface area (Å²) in [5.74, 6) is 1.76. The Hall–Kier alpha value is -1.48. The van der Waals surface area contributed by atoms with E-state index >= 15 is 0 Å². The Kier molecular flexibility index (Phi) is 7.04. The molecule has 0 saturated heterocycles. The normalized spacial score (nSPS) is 11.9. The van der Waals surface area contributed by atoms with E-state index in [1.807, 2.05) is 24.3 Å². The van der Waals surface area contributed by atoms with Crippen molar-refractivity contribution in [3.8, 4) is 11.5 Å². The Morgan fingerprint density at radius 1 is 1.42 bits per heavy atom. The first kappa shape index (κ1) is 15.6. The van der Waals surface area contributed by atoms with E-state index < -0.39 is 0 Å². The zero-order chi connectivity index (χ0) is 14.1. The van der Waals surface area contributed by atoms with Gasteiger partial charge in [-0.2, -0.15) is 0 Å². The van der Waals surface area contributed by atoms with Gasteiger partial charge in [-0.1, -0.05) is 13.0 Å². The monoisotopic (exact) mass is 263 g/mol. The van der Waals surface area contributed by atoms with Gasteiger partial charge in [-0.3, -0.25) is 0 Å². The zero-order valence-corrected chi connectivity index (χ0v) is 12.0. The lowest BCUT2D eigenvalue weighted by molar-refractivity contribution is 0.307. The number of ether oxygens (including phenoxy) is 2. The van der Waals surface area contributed by atoms with Crippen LogP contribution in [-0.4, -0.2) is 19.8 Å². The number of nitrogens with two attached hydrogens (primary N) is 1. The predicted octanol–water partition coefficient (Wildman–Crippen LogP) is 3.32. The van der Waals surface area contributed by atoms with Crippen LogP contribution in [0.3, 0.4) is 0 Å². The summed E-state index contributed by atoms with van der Waals surface area (Å²) in [7, 11) is 1.67. The molecule has 0 spiro atoms. The van der Waals surface area contributed by atoms with Crippen molar-refractivity contribution < 1.29 is 9.47 Å². The Labute approximate surface area is 116 Å². The second-order valence-electron chi connectivity index (χ2n) is 4.63. The standard InChI is InChI=1S/C16H25NO2/c1-4-6-7-10-19-16-9-8-15(18-3)12-13(16)11-14(17)5-2/h4,8-9,12,14H,1,5-7,10-11,17H2,2-3H3. The van der Waals surface area contributed by atoms with Gasteiger partial charge in [0.1, 0.15) is 11.5 Å². The average molecular weight is 263 g/mol. The molecule has 0 aliphatic rings. The molecule has 0 fully saturated rings. The summed E-state index contributed by atoms with van der Waals surface area (Å²) in [5, 5.41) is 0. The number of rotatable bonds is 9. The lowest BCUT2D eigenvalue weighted by Gasteiger charge is -2.15. The van der Waals surface area contributed by atoms with Crippen molar-refractivity contribution in [2.24, 2.45) is 5.73 Å². The molecule has 0 amide bonds. The van der Waals surface area contributed by atoms with Gasteiger partial charge in [0.15, 0.2) is 0 Å². The zero-order valence-electron chi connectivity index (χ0n) is 12.0. The van der Waals surface area contributed by atoms with Crippen LogP contribution in [0.25, 0.3) is 0 Å². The molecule has 0 radical (unpaired) electrons. The van der Waals surface area contributed by atoms with Gasteiger partial charge in [-0.15, -0.1) is 6.58 Å². The number of allylic oxidation sites excluding steroid dienone is 1. The lowest BCUT2D eigenvalue weighted by Crippen LogP contribution is -2.21. The molecule has 3 nitrogen and oxygen atoms in total. The fourth-order valence-electron chi connectivity index (χ4n) is 1.82. The summed E-state index contributed by atoms with van der Waals surface area (Å²) in [6.45, 7) is 6.50. The van der Waals surface area contributed by atoms with Crippen LogP contribution in [0.1, 0.15) is 31.7 Å². The van der Waals surface area contributed by atoms with E-state index in [1.54, 1.807) is 7.11 Å². The van der Waals surface area contributed by atoms with Gasteiger partial charge in [0.2, 0.25) is 0 Å². The Morgan fingerprint density at radius 3 is 2.84 bits per heavy atom. The van der Waals surface area contributed by atoms with E-state index in [4.69, 9.17) is 15.2 Å².